The first-order valence-electron chi connectivity index (χ1n) is 6.24. The number of fused-ring (bicyclic) bond motifs is 2. The van der Waals surface area contributed by atoms with Gasteiger partial charge in [-0.15, -0.1) is 0 Å². The van der Waals surface area contributed by atoms with Crippen molar-refractivity contribution in [2.24, 2.45) is 0 Å². The molecule has 2 aliphatic rings. The molecule has 2 heterocycles. The van der Waals surface area contributed by atoms with Gasteiger partial charge in [-0.05, 0) is 18.2 Å². The number of ether oxygens (including phenoxy) is 5. The fourth-order valence-electron chi connectivity index (χ4n) is 2.51. The van der Waals surface area contributed by atoms with Crippen molar-refractivity contribution >= 4 is 0 Å². The van der Waals surface area contributed by atoms with Crippen LogP contribution in [0.3, 0.4) is 0 Å². The number of para-hydroxylation sites is 1. The lowest BCUT2D eigenvalue weighted by molar-refractivity contribution is 0.173. The lowest BCUT2D eigenvalue weighted by atomic mass is 10.0. The van der Waals surface area contributed by atoms with Crippen LogP contribution in [0.15, 0.2) is 30.3 Å². The predicted octanol–water partition coefficient (Wildman–Crippen LogP) is 2.82. The summed E-state index contributed by atoms with van der Waals surface area (Å²) in [5, 5.41) is 0. The smallest absolute Gasteiger partial charge is 0.231 e. The molecule has 0 aliphatic carbocycles. The van der Waals surface area contributed by atoms with Gasteiger partial charge in [0.25, 0.3) is 0 Å². The Morgan fingerprint density at radius 1 is 0.850 bits per heavy atom. The van der Waals surface area contributed by atoms with Crippen molar-refractivity contribution in [3.8, 4) is 39.9 Å². The number of rotatable bonds is 2. The molecule has 0 spiro atoms. The van der Waals surface area contributed by atoms with Crippen LogP contribution in [0.2, 0.25) is 0 Å². The van der Waals surface area contributed by atoms with Gasteiger partial charge in [0.2, 0.25) is 13.6 Å². The van der Waals surface area contributed by atoms with Crippen molar-refractivity contribution in [2.45, 2.75) is 0 Å². The van der Waals surface area contributed by atoms with E-state index in [1.54, 1.807) is 7.11 Å². The van der Waals surface area contributed by atoms with Gasteiger partial charge in [0, 0.05) is 5.56 Å². The molecule has 5 nitrogen and oxygen atoms in total. The maximum atomic E-state index is 5.59. The minimum Gasteiger partial charge on any atom is -0.496 e. The van der Waals surface area contributed by atoms with E-state index in [0.29, 0.717) is 23.0 Å². The van der Waals surface area contributed by atoms with Gasteiger partial charge in [-0.3, -0.25) is 0 Å². The van der Waals surface area contributed by atoms with Crippen molar-refractivity contribution in [3.63, 3.8) is 0 Å². The molecule has 0 amide bonds. The molecule has 2 aliphatic heterocycles. The summed E-state index contributed by atoms with van der Waals surface area (Å²) in [5.74, 6) is 3.51. The minimum atomic E-state index is 0.210. The topological polar surface area (TPSA) is 46.2 Å². The molecule has 5 heteroatoms. The van der Waals surface area contributed by atoms with Crippen molar-refractivity contribution in [3.05, 3.63) is 30.3 Å². The molecule has 0 atom stereocenters. The molecule has 0 bridgehead atoms. The first kappa shape index (κ1) is 11.3. The second kappa shape index (κ2) is 4.23. The lowest BCUT2D eigenvalue weighted by Gasteiger charge is -2.13. The summed E-state index contributed by atoms with van der Waals surface area (Å²) in [6.45, 7) is 0.433. The SMILES string of the molecule is COc1ccc2c(c1-c1cccc3c1OCO3)OCO2. The van der Waals surface area contributed by atoms with Gasteiger partial charge in [-0.1, -0.05) is 12.1 Å². The van der Waals surface area contributed by atoms with Gasteiger partial charge in [0.05, 0.1) is 12.7 Å². The molecule has 2 aromatic rings. The molecule has 4 rings (SSSR count). The van der Waals surface area contributed by atoms with Crippen LogP contribution in [0.5, 0.6) is 28.7 Å². The Morgan fingerprint density at radius 2 is 1.60 bits per heavy atom. The van der Waals surface area contributed by atoms with Crippen LogP contribution < -0.4 is 23.7 Å². The minimum absolute atomic E-state index is 0.210. The van der Waals surface area contributed by atoms with Gasteiger partial charge in [0.1, 0.15) is 5.75 Å². The first-order chi connectivity index (χ1) is 9.88. The highest BCUT2D eigenvalue weighted by Gasteiger charge is 2.27. The highest BCUT2D eigenvalue weighted by atomic mass is 16.7. The Bertz CT molecular complexity index is 680. The Kier molecular flexibility index (Phi) is 2.39. The Morgan fingerprint density at radius 3 is 2.40 bits per heavy atom. The van der Waals surface area contributed by atoms with Gasteiger partial charge < -0.3 is 23.7 Å². The van der Waals surface area contributed by atoms with E-state index in [1.807, 2.05) is 30.3 Å². The largest absolute Gasteiger partial charge is 0.496 e. The van der Waals surface area contributed by atoms with E-state index in [2.05, 4.69) is 0 Å². The summed E-state index contributed by atoms with van der Waals surface area (Å²) in [5.41, 5.74) is 1.70. The Hall–Kier alpha value is -2.56. The van der Waals surface area contributed by atoms with Crippen molar-refractivity contribution in [1.29, 1.82) is 0 Å². The summed E-state index contributed by atoms with van der Waals surface area (Å²) in [6.07, 6.45) is 0. The van der Waals surface area contributed by atoms with E-state index < -0.39 is 0 Å². The second-order valence-electron chi connectivity index (χ2n) is 4.42. The third-order valence-corrected chi connectivity index (χ3v) is 3.39. The van der Waals surface area contributed by atoms with E-state index in [-0.39, 0.29) is 13.6 Å². The van der Waals surface area contributed by atoms with Gasteiger partial charge >= 0.3 is 0 Å². The van der Waals surface area contributed by atoms with Crippen LogP contribution in [0.25, 0.3) is 11.1 Å². The molecule has 102 valence electrons. The van der Waals surface area contributed by atoms with E-state index in [4.69, 9.17) is 23.7 Å². The van der Waals surface area contributed by atoms with Crippen LogP contribution >= 0.6 is 0 Å². The summed E-state index contributed by atoms with van der Waals surface area (Å²) in [4.78, 5) is 0. The summed E-state index contributed by atoms with van der Waals surface area (Å²) < 4.78 is 27.5. The molecule has 2 aromatic carbocycles. The molecular formula is C15H12O5. The molecule has 0 saturated carbocycles. The highest BCUT2D eigenvalue weighted by Crippen LogP contribution is 2.52. The van der Waals surface area contributed by atoms with Crippen LogP contribution in [0.1, 0.15) is 0 Å². The van der Waals surface area contributed by atoms with E-state index in [9.17, 15) is 0 Å². The zero-order valence-corrected chi connectivity index (χ0v) is 10.8. The molecule has 0 radical (unpaired) electrons. The third kappa shape index (κ3) is 1.49. The third-order valence-electron chi connectivity index (χ3n) is 3.39. The van der Waals surface area contributed by atoms with Crippen LogP contribution in [-0.2, 0) is 0 Å². The van der Waals surface area contributed by atoms with Gasteiger partial charge in [-0.25, -0.2) is 0 Å². The van der Waals surface area contributed by atoms with Crippen LogP contribution in [0, 0.1) is 0 Å². The number of hydrogen-bond acceptors (Lipinski definition) is 5. The molecule has 0 aromatic heterocycles. The monoisotopic (exact) mass is 272 g/mol. The molecule has 0 saturated heterocycles. The lowest BCUT2D eigenvalue weighted by Crippen LogP contribution is -1.96. The molecule has 0 N–H and O–H groups in total. The molecule has 0 fully saturated rings. The average Bonchev–Trinajstić information content (AvgIpc) is 3.14. The van der Waals surface area contributed by atoms with E-state index >= 15 is 0 Å². The molecular weight excluding hydrogens is 260 g/mol. The molecule has 0 unspecified atom stereocenters. The summed E-state index contributed by atoms with van der Waals surface area (Å²) in [6, 6.07) is 9.44. The standard InChI is InChI=1S/C15H12O5/c1-16-10-5-6-12-15(20-8-18-12)13(10)9-3-2-4-11-14(9)19-7-17-11/h2-6H,7-8H2,1H3. The second-order valence-corrected chi connectivity index (χ2v) is 4.42. The maximum Gasteiger partial charge on any atom is 0.231 e. The summed E-state index contributed by atoms with van der Waals surface area (Å²) in [7, 11) is 1.63. The number of hydrogen-bond donors (Lipinski definition) is 0. The number of benzene rings is 2. The Labute approximate surface area is 115 Å². The van der Waals surface area contributed by atoms with Crippen molar-refractivity contribution < 1.29 is 23.7 Å². The highest BCUT2D eigenvalue weighted by molar-refractivity contribution is 5.85. The normalized spacial score (nSPS) is 14.4. The Balaban J connectivity index is 1.99. The fourth-order valence-corrected chi connectivity index (χ4v) is 2.51. The van der Waals surface area contributed by atoms with Gasteiger partial charge in [-0.2, -0.15) is 0 Å². The zero-order valence-electron chi connectivity index (χ0n) is 10.8. The average molecular weight is 272 g/mol. The van der Waals surface area contributed by atoms with Gasteiger partial charge in [0.15, 0.2) is 23.0 Å². The maximum absolute atomic E-state index is 5.59. The van der Waals surface area contributed by atoms with Crippen molar-refractivity contribution in [2.75, 3.05) is 20.7 Å². The van der Waals surface area contributed by atoms with Crippen LogP contribution in [-0.4, -0.2) is 20.7 Å². The first-order valence-corrected chi connectivity index (χ1v) is 6.24. The van der Waals surface area contributed by atoms with E-state index in [0.717, 1.165) is 16.9 Å². The molecule has 20 heavy (non-hydrogen) atoms. The van der Waals surface area contributed by atoms with E-state index in [1.165, 1.54) is 0 Å². The summed E-state index contributed by atoms with van der Waals surface area (Å²) >= 11 is 0. The fraction of sp³-hybridized carbons (Fsp3) is 0.200. The zero-order chi connectivity index (χ0) is 13.5. The van der Waals surface area contributed by atoms with Crippen molar-refractivity contribution in [1.82, 2.24) is 0 Å². The van der Waals surface area contributed by atoms with Crippen LogP contribution in [0.4, 0.5) is 0 Å². The predicted molar refractivity (Wildman–Crippen MR) is 70.7 cm³/mol. The quantitative estimate of drug-likeness (QED) is 0.841. The number of methoxy groups -OCH3 is 1.